The van der Waals surface area contributed by atoms with Crippen LogP contribution in [-0.2, 0) is 0 Å². The normalized spacial score (nSPS) is 14.5. The van der Waals surface area contributed by atoms with Gasteiger partial charge in [0, 0.05) is 11.6 Å². The van der Waals surface area contributed by atoms with Gasteiger partial charge < -0.3 is 9.73 Å². The number of carbonyl (C=O) groups is 1. The Morgan fingerprint density at radius 2 is 2.24 bits per heavy atom. The van der Waals surface area contributed by atoms with Crippen molar-refractivity contribution in [3.8, 4) is 0 Å². The molecule has 0 aliphatic heterocycles. The molecule has 8 nitrogen and oxygen atoms in total. The van der Waals surface area contributed by atoms with Crippen molar-refractivity contribution in [3.05, 3.63) is 40.4 Å². The lowest BCUT2D eigenvalue weighted by molar-refractivity contribution is 0.101. The van der Waals surface area contributed by atoms with Gasteiger partial charge in [0.2, 0.25) is 5.82 Å². The fraction of sp³-hybridized carbons (Fsp3) is 0.231. The fourth-order valence-corrected chi connectivity index (χ4v) is 2.13. The molecule has 4 rings (SSSR count). The SMILES string of the molecule is O=C(Nc1ccc2oc(=O)[nH]c2c1)c1n[nH]c(C2CC2)n1. The molecular weight excluding hydrogens is 274 g/mol. The smallest absolute Gasteiger partial charge is 0.408 e. The minimum Gasteiger partial charge on any atom is -0.408 e. The first-order chi connectivity index (χ1) is 10.2. The molecule has 0 bridgehead atoms. The van der Waals surface area contributed by atoms with E-state index in [1.165, 1.54) is 0 Å². The van der Waals surface area contributed by atoms with E-state index in [-0.39, 0.29) is 5.82 Å². The van der Waals surface area contributed by atoms with E-state index in [0.29, 0.717) is 22.7 Å². The van der Waals surface area contributed by atoms with Crippen molar-refractivity contribution < 1.29 is 9.21 Å². The fourth-order valence-electron chi connectivity index (χ4n) is 2.13. The largest absolute Gasteiger partial charge is 0.417 e. The third-order valence-electron chi connectivity index (χ3n) is 3.35. The van der Waals surface area contributed by atoms with E-state index < -0.39 is 11.7 Å². The van der Waals surface area contributed by atoms with Gasteiger partial charge in [0.25, 0.3) is 5.91 Å². The number of fused-ring (bicyclic) bond motifs is 1. The molecule has 1 aliphatic rings. The van der Waals surface area contributed by atoms with Gasteiger partial charge in [-0.2, -0.15) is 0 Å². The number of nitrogens with zero attached hydrogens (tertiary/aromatic N) is 2. The summed E-state index contributed by atoms with van der Waals surface area (Å²) in [5, 5.41) is 9.38. The van der Waals surface area contributed by atoms with Crippen molar-refractivity contribution in [1.82, 2.24) is 20.2 Å². The van der Waals surface area contributed by atoms with Crippen molar-refractivity contribution >= 4 is 22.7 Å². The highest BCUT2D eigenvalue weighted by atomic mass is 16.4. The minimum absolute atomic E-state index is 0.109. The Hall–Kier alpha value is -2.90. The predicted octanol–water partition coefficient (Wildman–Crippen LogP) is 1.37. The number of H-pyrrole nitrogens is 2. The summed E-state index contributed by atoms with van der Waals surface area (Å²) in [6.07, 6.45) is 2.17. The summed E-state index contributed by atoms with van der Waals surface area (Å²) in [6.45, 7) is 0. The number of oxazole rings is 1. The summed E-state index contributed by atoms with van der Waals surface area (Å²) < 4.78 is 4.90. The molecule has 3 aromatic rings. The molecule has 0 atom stereocenters. The van der Waals surface area contributed by atoms with Crippen molar-refractivity contribution in [2.75, 3.05) is 5.32 Å². The molecule has 0 radical (unpaired) electrons. The molecule has 1 amide bonds. The molecule has 0 unspecified atom stereocenters. The van der Waals surface area contributed by atoms with E-state index in [4.69, 9.17) is 4.42 Å². The summed E-state index contributed by atoms with van der Waals surface area (Å²) in [4.78, 5) is 29.9. The zero-order valence-corrected chi connectivity index (χ0v) is 10.8. The number of nitrogens with one attached hydrogen (secondary N) is 3. The lowest BCUT2D eigenvalue weighted by Crippen LogP contribution is -2.13. The Labute approximate surface area is 117 Å². The number of benzene rings is 1. The summed E-state index contributed by atoms with van der Waals surface area (Å²) in [6, 6.07) is 4.87. The molecule has 106 valence electrons. The van der Waals surface area contributed by atoms with Gasteiger partial charge in [-0.25, -0.2) is 9.78 Å². The molecule has 2 aromatic heterocycles. The van der Waals surface area contributed by atoms with Gasteiger partial charge in [-0.05, 0) is 31.0 Å². The van der Waals surface area contributed by atoms with E-state index in [0.717, 1.165) is 18.7 Å². The Kier molecular flexibility index (Phi) is 2.44. The summed E-state index contributed by atoms with van der Waals surface area (Å²) >= 11 is 0. The van der Waals surface area contributed by atoms with Crippen molar-refractivity contribution in [3.63, 3.8) is 0 Å². The minimum atomic E-state index is -0.531. The molecule has 3 N–H and O–H groups in total. The summed E-state index contributed by atoms with van der Waals surface area (Å²) in [7, 11) is 0. The number of amides is 1. The summed E-state index contributed by atoms with van der Waals surface area (Å²) in [5.41, 5.74) is 1.49. The quantitative estimate of drug-likeness (QED) is 0.672. The highest BCUT2D eigenvalue weighted by Crippen LogP contribution is 2.37. The molecule has 1 saturated carbocycles. The average molecular weight is 285 g/mol. The Morgan fingerprint density at radius 1 is 1.38 bits per heavy atom. The van der Waals surface area contributed by atoms with Crippen LogP contribution in [0.5, 0.6) is 0 Å². The molecule has 1 aliphatic carbocycles. The molecule has 0 saturated heterocycles. The second-order valence-corrected chi connectivity index (χ2v) is 5.00. The third kappa shape index (κ3) is 2.20. The number of hydrogen-bond donors (Lipinski definition) is 3. The first-order valence-electron chi connectivity index (χ1n) is 6.55. The van der Waals surface area contributed by atoms with Gasteiger partial charge >= 0.3 is 5.76 Å². The first-order valence-corrected chi connectivity index (χ1v) is 6.55. The Balaban J connectivity index is 1.57. The number of aromatic nitrogens is 4. The van der Waals surface area contributed by atoms with Crippen LogP contribution in [0.15, 0.2) is 27.4 Å². The van der Waals surface area contributed by atoms with Crippen molar-refractivity contribution in [2.24, 2.45) is 0 Å². The molecular formula is C13H11N5O3. The van der Waals surface area contributed by atoms with Gasteiger partial charge in [-0.15, -0.1) is 5.10 Å². The molecule has 21 heavy (non-hydrogen) atoms. The maximum Gasteiger partial charge on any atom is 0.417 e. The van der Waals surface area contributed by atoms with Crippen LogP contribution < -0.4 is 11.1 Å². The van der Waals surface area contributed by atoms with E-state index in [1.807, 2.05) is 0 Å². The number of carbonyl (C=O) groups excluding carboxylic acids is 1. The summed E-state index contributed by atoms with van der Waals surface area (Å²) in [5.74, 6) is 0.346. The van der Waals surface area contributed by atoms with E-state index >= 15 is 0 Å². The maximum atomic E-state index is 12.1. The van der Waals surface area contributed by atoms with E-state index in [9.17, 15) is 9.59 Å². The van der Waals surface area contributed by atoms with E-state index in [2.05, 4.69) is 25.5 Å². The van der Waals surface area contributed by atoms with Gasteiger partial charge in [0.05, 0.1) is 5.52 Å². The molecule has 1 aromatic carbocycles. The van der Waals surface area contributed by atoms with Crippen molar-refractivity contribution in [1.29, 1.82) is 0 Å². The van der Waals surface area contributed by atoms with Gasteiger partial charge in [-0.1, -0.05) is 0 Å². The van der Waals surface area contributed by atoms with Crippen LogP contribution in [0.2, 0.25) is 0 Å². The van der Waals surface area contributed by atoms with Crippen LogP contribution in [0.25, 0.3) is 11.1 Å². The number of rotatable bonds is 3. The van der Waals surface area contributed by atoms with Crippen molar-refractivity contribution in [2.45, 2.75) is 18.8 Å². The van der Waals surface area contributed by atoms with Crippen LogP contribution in [0.3, 0.4) is 0 Å². The molecule has 1 fully saturated rings. The zero-order valence-electron chi connectivity index (χ0n) is 10.8. The third-order valence-corrected chi connectivity index (χ3v) is 3.35. The first kappa shape index (κ1) is 11.9. The highest BCUT2D eigenvalue weighted by molar-refractivity contribution is 6.02. The van der Waals surface area contributed by atoms with Crippen LogP contribution in [-0.4, -0.2) is 26.1 Å². The number of hydrogen-bond acceptors (Lipinski definition) is 5. The molecule has 0 spiro atoms. The average Bonchev–Trinajstić information content (AvgIpc) is 3.06. The topological polar surface area (TPSA) is 117 Å². The second-order valence-electron chi connectivity index (χ2n) is 5.00. The maximum absolute atomic E-state index is 12.1. The van der Waals surface area contributed by atoms with E-state index in [1.54, 1.807) is 18.2 Å². The Bertz CT molecular complexity index is 886. The standard InChI is InChI=1S/C13H11N5O3/c19-12(11-16-10(17-18-11)6-1-2-6)14-7-3-4-9-8(5-7)15-13(20)21-9/h3-6H,1-2H2,(H,14,19)(H,15,20)(H,16,17,18). The number of aromatic amines is 2. The van der Waals surface area contributed by atoms with Gasteiger partial charge in [0.1, 0.15) is 5.82 Å². The van der Waals surface area contributed by atoms with Crippen LogP contribution in [0.4, 0.5) is 5.69 Å². The molecule has 8 heteroatoms. The Morgan fingerprint density at radius 3 is 3.05 bits per heavy atom. The van der Waals surface area contributed by atoms with Crippen LogP contribution in [0, 0.1) is 0 Å². The van der Waals surface area contributed by atoms with Crippen LogP contribution >= 0.6 is 0 Å². The van der Waals surface area contributed by atoms with Crippen LogP contribution in [0.1, 0.15) is 35.2 Å². The lowest BCUT2D eigenvalue weighted by Gasteiger charge is -2.01. The molecule has 2 heterocycles. The van der Waals surface area contributed by atoms with Gasteiger partial charge in [0.15, 0.2) is 5.58 Å². The second kappa shape index (κ2) is 4.30. The lowest BCUT2D eigenvalue weighted by atomic mass is 10.3. The number of anilines is 1. The highest BCUT2D eigenvalue weighted by Gasteiger charge is 2.28. The van der Waals surface area contributed by atoms with Gasteiger partial charge in [-0.3, -0.25) is 14.9 Å². The zero-order chi connectivity index (χ0) is 14.4. The monoisotopic (exact) mass is 285 g/mol. The predicted molar refractivity (Wildman–Crippen MR) is 73.1 cm³/mol.